The fourth-order valence-electron chi connectivity index (χ4n) is 4.12. The number of pyridine rings is 1. The molecular weight excluding hydrogens is 378 g/mol. The van der Waals surface area contributed by atoms with Crippen molar-refractivity contribution in [1.29, 1.82) is 0 Å². The van der Waals surface area contributed by atoms with E-state index in [-0.39, 0.29) is 5.48 Å². The van der Waals surface area contributed by atoms with Gasteiger partial charge in [0.15, 0.2) is 5.65 Å². The van der Waals surface area contributed by atoms with E-state index in [9.17, 15) is 0 Å². The van der Waals surface area contributed by atoms with Gasteiger partial charge >= 0.3 is 0 Å². The number of aromatic nitrogens is 3. The highest BCUT2D eigenvalue weighted by Crippen LogP contribution is 2.28. The largest absolute Gasteiger partial charge is 0.412 e. The van der Waals surface area contributed by atoms with Gasteiger partial charge in [-0.3, -0.25) is 4.57 Å². The van der Waals surface area contributed by atoms with Gasteiger partial charge in [0.1, 0.15) is 5.52 Å². The first-order chi connectivity index (χ1) is 14.3. The topological polar surface area (TPSA) is 77.9 Å². The Bertz CT molecular complexity index is 906. The van der Waals surface area contributed by atoms with Gasteiger partial charge in [-0.15, -0.1) is 0 Å². The summed E-state index contributed by atoms with van der Waals surface area (Å²) in [6, 6.07) is 15.2. The SMILES string of the molecule is CCOCCn1c(N(Cc2ccccc2)C2CCN(C)CC2)nc2cccnc21.O. The van der Waals surface area contributed by atoms with Gasteiger partial charge in [0.25, 0.3) is 0 Å². The highest BCUT2D eigenvalue weighted by atomic mass is 16.5. The van der Waals surface area contributed by atoms with Crippen molar-refractivity contribution in [2.24, 2.45) is 0 Å². The molecule has 0 radical (unpaired) electrons. The van der Waals surface area contributed by atoms with Crippen molar-refractivity contribution >= 4 is 17.1 Å². The normalized spacial score (nSPS) is 15.3. The molecule has 162 valence electrons. The second-order valence-corrected chi connectivity index (χ2v) is 7.75. The molecule has 0 atom stereocenters. The quantitative estimate of drug-likeness (QED) is 0.533. The molecule has 1 fully saturated rings. The van der Waals surface area contributed by atoms with Crippen LogP contribution in [0.15, 0.2) is 48.7 Å². The molecule has 2 aromatic heterocycles. The lowest BCUT2D eigenvalue weighted by molar-refractivity contribution is 0.139. The highest BCUT2D eigenvalue weighted by Gasteiger charge is 2.28. The number of anilines is 1. The third-order valence-corrected chi connectivity index (χ3v) is 5.73. The molecule has 0 amide bonds. The van der Waals surface area contributed by atoms with Crippen molar-refractivity contribution in [1.82, 2.24) is 19.4 Å². The maximum Gasteiger partial charge on any atom is 0.208 e. The lowest BCUT2D eigenvalue weighted by Gasteiger charge is -2.38. The summed E-state index contributed by atoms with van der Waals surface area (Å²) < 4.78 is 7.91. The van der Waals surface area contributed by atoms with Crippen molar-refractivity contribution in [2.45, 2.75) is 38.9 Å². The van der Waals surface area contributed by atoms with Gasteiger partial charge < -0.3 is 20.0 Å². The van der Waals surface area contributed by atoms with Crippen LogP contribution in [0.3, 0.4) is 0 Å². The fourth-order valence-corrected chi connectivity index (χ4v) is 4.12. The first kappa shape index (κ1) is 22.2. The molecule has 0 saturated carbocycles. The molecule has 1 aliphatic heterocycles. The Morgan fingerprint density at radius 1 is 1.10 bits per heavy atom. The van der Waals surface area contributed by atoms with E-state index < -0.39 is 0 Å². The molecule has 1 saturated heterocycles. The van der Waals surface area contributed by atoms with Crippen LogP contribution < -0.4 is 4.90 Å². The van der Waals surface area contributed by atoms with Crippen LogP contribution in [0.1, 0.15) is 25.3 Å². The van der Waals surface area contributed by atoms with E-state index in [4.69, 9.17) is 9.72 Å². The minimum atomic E-state index is 0. The summed E-state index contributed by atoms with van der Waals surface area (Å²) in [7, 11) is 2.21. The van der Waals surface area contributed by atoms with Crippen LogP contribution in [0.2, 0.25) is 0 Å². The number of benzene rings is 1. The van der Waals surface area contributed by atoms with Gasteiger partial charge in [0.05, 0.1) is 13.2 Å². The zero-order valence-electron chi connectivity index (χ0n) is 18.0. The number of imidazole rings is 1. The monoisotopic (exact) mass is 411 g/mol. The van der Waals surface area contributed by atoms with Crippen LogP contribution in [0.25, 0.3) is 11.2 Å². The van der Waals surface area contributed by atoms with Gasteiger partial charge in [0.2, 0.25) is 5.95 Å². The molecule has 0 spiro atoms. The number of nitrogens with zero attached hydrogens (tertiary/aromatic N) is 5. The van der Waals surface area contributed by atoms with Crippen molar-refractivity contribution < 1.29 is 10.2 Å². The highest BCUT2D eigenvalue weighted by molar-refractivity contribution is 5.74. The summed E-state index contributed by atoms with van der Waals surface area (Å²) in [5, 5.41) is 0. The molecule has 0 aliphatic carbocycles. The van der Waals surface area contributed by atoms with E-state index in [1.165, 1.54) is 5.56 Å². The van der Waals surface area contributed by atoms with Crippen LogP contribution in [0.5, 0.6) is 0 Å². The first-order valence-electron chi connectivity index (χ1n) is 10.6. The maximum atomic E-state index is 5.67. The first-order valence-corrected chi connectivity index (χ1v) is 10.6. The molecule has 3 heterocycles. The molecule has 0 unspecified atom stereocenters. The van der Waals surface area contributed by atoms with Crippen molar-refractivity contribution in [3.05, 3.63) is 54.2 Å². The molecule has 1 aromatic carbocycles. The molecule has 7 heteroatoms. The summed E-state index contributed by atoms with van der Waals surface area (Å²) in [5.74, 6) is 1.01. The average Bonchev–Trinajstić information content (AvgIpc) is 3.12. The zero-order chi connectivity index (χ0) is 20.1. The molecular formula is C23H33N5O2. The lowest BCUT2D eigenvalue weighted by Crippen LogP contribution is -2.44. The minimum absolute atomic E-state index is 0. The van der Waals surface area contributed by atoms with Crippen LogP contribution in [0.4, 0.5) is 5.95 Å². The molecule has 0 bridgehead atoms. The van der Waals surface area contributed by atoms with E-state index in [1.54, 1.807) is 0 Å². The molecule has 1 aliphatic rings. The second kappa shape index (κ2) is 10.5. The van der Waals surface area contributed by atoms with E-state index in [0.717, 1.165) is 62.7 Å². The Morgan fingerprint density at radius 2 is 1.87 bits per heavy atom. The molecule has 30 heavy (non-hydrogen) atoms. The number of rotatable bonds is 8. The average molecular weight is 412 g/mol. The summed E-state index contributed by atoms with van der Waals surface area (Å²) >= 11 is 0. The van der Waals surface area contributed by atoms with Crippen molar-refractivity contribution in [2.75, 3.05) is 38.3 Å². The van der Waals surface area contributed by atoms with E-state index in [2.05, 4.69) is 62.8 Å². The Morgan fingerprint density at radius 3 is 2.60 bits per heavy atom. The third-order valence-electron chi connectivity index (χ3n) is 5.73. The van der Waals surface area contributed by atoms with Gasteiger partial charge in [-0.25, -0.2) is 9.97 Å². The minimum Gasteiger partial charge on any atom is -0.412 e. The fraction of sp³-hybridized carbons (Fsp3) is 0.478. The van der Waals surface area contributed by atoms with Gasteiger partial charge in [-0.2, -0.15) is 0 Å². The standard InChI is InChI=1S/C23H31N5O.H2O/c1-3-29-17-16-27-22-21(10-7-13-24-22)25-23(27)28(18-19-8-5-4-6-9-19)20-11-14-26(2)15-12-20;/h4-10,13,20H,3,11-12,14-18H2,1-2H3;1H2. The molecule has 7 nitrogen and oxygen atoms in total. The number of ether oxygens (including phenoxy) is 1. The number of fused-ring (bicyclic) bond motifs is 1. The summed E-state index contributed by atoms with van der Waals surface area (Å²) in [6.07, 6.45) is 4.14. The second-order valence-electron chi connectivity index (χ2n) is 7.75. The number of piperidine rings is 1. The van der Waals surface area contributed by atoms with Crippen LogP contribution in [0, 0.1) is 0 Å². The number of hydrogen-bond donors (Lipinski definition) is 0. The third kappa shape index (κ3) is 4.98. The van der Waals surface area contributed by atoms with E-state index >= 15 is 0 Å². The van der Waals surface area contributed by atoms with E-state index in [0.29, 0.717) is 12.6 Å². The smallest absolute Gasteiger partial charge is 0.208 e. The Kier molecular flexibility index (Phi) is 7.79. The van der Waals surface area contributed by atoms with Crippen molar-refractivity contribution in [3.63, 3.8) is 0 Å². The lowest BCUT2D eigenvalue weighted by atomic mass is 10.0. The van der Waals surface area contributed by atoms with Crippen LogP contribution in [-0.2, 0) is 17.8 Å². The Labute approximate surface area is 178 Å². The van der Waals surface area contributed by atoms with Crippen LogP contribution >= 0.6 is 0 Å². The molecule has 3 aromatic rings. The Balaban J connectivity index is 0.00000256. The number of hydrogen-bond acceptors (Lipinski definition) is 5. The predicted molar refractivity (Wildman–Crippen MR) is 121 cm³/mol. The molecule has 2 N–H and O–H groups in total. The summed E-state index contributed by atoms with van der Waals surface area (Å²) in [4.78, 5) is 14.6. The van der Waals surface area contributed by atoms with Crippen LogP contribution in [-0.4, -0.2) is 64.3 Å². The summed E-state index contributed by atoms with van der Waals surface area (Å²) in [6.45, 7) is 7.27. The van der Waals surface area contributed by atoms with E-state index in [1.807, 2.05) is 19.2 Å². The predicted octanol–water partition coefficient (Wildman–Crippen LogP) is 2.74. The number of likely N-dealkylation sites (tertiary alicyclic amines) is 1. The summed E-state index contributed by atoms with van der Waals surface area (Å²) in [5.41, 5.74) is 3.20. The van der Waals surface area contributed by atoms with Gasteiger partial charge in [-0.05, 0) is 57.6 Å². The Hall–Kier alpha value is -2.48. The van der Waals surface area contributed by atoms with Gasteiger partial charge in [-0.1, -0.05) is 30.3 Å². The van der Waals surface area contributed by atoms with Crippen molar-refractivity contribution in [3.8, 4) is 0 Å². The maximum absolute atomic E-state index is 5.67. The zero-order valence-corrected chi connectivity index (χ0v) is 18.0. The molecule has 4 rings (SSSR count). The van der Waals surface area contributed by atoms with Gasteiger partial charge in [0, 0.05) is 25.4 Å².